The minimum absolute atomic E-state index is 0.842. The van der Waals surface area contributed by atoms with Crippen molar-refractivity contribution in [2.75, 3.05) is 9.80 Å². The van der Waals surface area contributed by atoms with E-state index in [1.165, 1.54) is 123 Å². The van der Waals surface area contributed by atoms with Crippen LogP contribution in [0.4, 0.5) is 34.1 Å². The van der Waals surface area contributed by atoms with Gasteiger partial charge in [0.05, 0.1) is 12.8 Å². The van der Waals surface area contributed by atoms with Gasteiger partial charge in [-0.1, -0.05) is 156 Å². The summed E-state index contributed by atoms with van der Waals surface area (Å²) in [5.74, 6) is 0. The molecule has 12 rings (SSSR count). The van der Waals surface area contributed by atoms with Crippen LogP contribution in [0.15, 0.2) is 170 Å². The van der Waals surface area contributed by atoms with Crippen molar-refractivity contribution >= 4 is 45.5 Å². The first-order valence-corrected chi connectivity index (χ1v) is 24.3. The van der Waals surface area contributed by atoms with Crippen molar-refractivity contribution in [3.8, 4) is 0 Å². The van der Waals surface area contributed by atoms with Crippen molar-refractivity contribution in [3.05, 3.63) is 248 Å². The van der Waals surface area contributed by atoms with Crippen molar-refractivity contribution in [2.45, 2.75) is 86.0 Å². The van der Waals surface area contributed by atoms with Gasteiger partial charge in [0.1, 0.15) is 6.42 Å². The van der Waals surface area contributed by atoms with Crippen LogP contribution in [0.1, 0.15) is 84.3 Å². The average Bonchev–Trinajstić information content (AvgIpc) is 3.85. The molecule has 8 aromatic rings. The fourth-order valence-corrected chi connectivity index (χ4v) is 11.5. The van der Waals surface area contributed by atoms with Crippen molar-refractivity contribution in [1.82, 2.24) is 0 Å². The van der Waals surface area contributed by atoms with Crippen LogP contribution in [-0.4, -0.2) is 20.6 Å². The van der Waals surface area contributed by atoms with Crippen LogP contribution < -0.4 is 9.80 Å². The molecule has 0 saturated heterocycles. The largest absolute Gasteiger partial charge is 0.337 e. The first-order chi connectivity index (χ1) is 32.8. The van der Waals surface area contributed by atoms with Crippen LogP contribution in [0.25, 0.3) is 0 Å². The Morgan fingerprint density at radius 1 is 0.343 bits per heavy atom. The van der Waals surface area contributed by atoms with E-state index in [4.69, 9.17) is 0 Å². The molecule has 0 amide bonds. The molecule has 4 aliphatic heterocycles. The van der Waals surface area contributed by atoms with Gasteiger partial charge in [0.15, 0.2) is 24.5 Å². The average molecular weight is 871 g/mol. The van der Waals surface area contributed by atoms with Gasteiger partial charge in [-0.15, -0.1) is 0 Å². The van der Waals surface area contributed by atoms with Crippen LogP contribution in [0.5, 0.6) is 0 Å². The topological polar surface area (TPSA) is 12.5 Å². The summed E-state index contributed by atoms with van der Waals surface area (Å²) in [6, 6.07) is 64.8. The minimum atomic E-state index is 0.842. The van der Waals surface area contributed by atoms with E-state index in [1.807, 2.05) is 0 Å². The Bertz CT molecular complexity index is 2990. The summed E-state index contributed by atoms with van der Waals surface area (Å²) in [6.07, 6.45) is 4.87. The van der Waals surface area contributed by atoms with Crippen LogP contribution in [0.3, 0.4) is 0 Å². The molecule has 4 aliphatic rings. The lowest BCUT2D eigenvalue weighted by Crippen LogP contribution is -2.23. The van der Waals surface area contributed by atoms with E-state index in [0.29, 0.717) is 0 Å². The molecule has 0 spiro atoms. The van der Waals surface area contributed by atoms with Crippen LogP contribution >= 0.6 is 0 Å². The second-order valence-electron chi connectivity index (χ2n) is 19.8. The Labute approximate surface area is 396 Å². The zero-order valence-electron chi connectivity index (χ0n) is 39.3. The van der Waals surface area contributed by atoms with Crippen LogP contribution in [0.2, 0.25) is 0 Å². The van der Waals surface area contributed by atoms with Gasteiger partial charge in [-0.05, 0) is 85.3 Å². The van der Waals surface area contributed by atoms with Gasteiger partial charge in [0.2, 0.25) is 11.4 Å². The highest BCUT2D eigenvalue weighted by atomic mass is 15.2. The molecule has 0 unspecified atom stereocenters. The Morgan fingerprint density at radius 2 is 0.672 bits per heavy atom. The number of nitrogens with zero attached hydrogens (tertiary/aromatic N) is 4. The van der Waals surface area contributed by atoms with Crippen LogP contribution in [-0.2, 0) is 51.9 Å². The Kier molecular flexibility index (Phi) is 10.3. The standard InChI is InChI=1S/C63H58N4/c1-42-13-25-60-52(29-42)33-53-30-43(2)14-26-61(53)66(60)40-48-21-17-46(18-22-48)38-64-56(35-50-9-5-7-11-58(50)64)37-57-36-51-10-6-8-12-59(51)65(57)39-47-19-23-49(24-20-47)41-67-62-27-15-44(3)31-54(62)34-55-32-45(4)16-28-63(55)67/h5-32H,33-41H2,1-4H3/q+2. The molecule has 0 fully saturated rings. The van der Waals surface area contributed by atoms with E-state index in [-0.39, 0.29) is 0 Å². The van der Waals surface area contributed by atoms with Crippen molar-refractivity contribution in [1.29, 1.82) is 0 Å². The van der Waals surface area contributed by atoms with Crippen molar-refractivity contribution in [2.24, 2.45) is 0 Å². The highest BCUT2D eigenvalue weighted by Crippen LogP contribution is 2.42. The van der Waals surface area contributed by atoms with E-state index < -0.39 is 0 Å². The molecule has 4 heterocycles. The number of aryl methyl sites for hydroxylation is 4. The number of anilines is 4. The third-order valence-electron chi connectivity index (χ3n) is 14.8. The lowest BCUT2D eigenvalue weighted by molar-refractivity contribution is -0.461. The monoisotopic (exact) mass is 870 g/mol. The molecule has 8 aromatic carbocycles. The van der Waals surface area contributed by atoms with E-state index >= 15 is 0 Å². The second-order valence-corrected chi connectivity index (χ2v) is 19.8. The van der Waals surface area contributed by atoms with Gasteiger partial charge in [0.25, 0.3) is 0 Å². The third-order valence-corrected chi connectivity index (χ3v) is 14.8. The van der Waals surface area contributed by atoms with E-state index in [9.17, 15) is 0 Å². The van der Waals surface area contributed by atoms with Gasteiger partial charge in [-0.2, -0.15) is 9.15 Å². The summed E-state index contributed by atoms with van der Waals surface area (Å²) < 4.78 is 5.24. The van der Waals surface area contributed by atoms with E-state index in [0.717, 1.165) is 58.3 Å². The minimum Gasteiger partial charge on any atom is -0.337 e. The Hall–Kier alpha value is -7.30. The van der Waals surface area contributed by atoms with Gasteiger partial charge < -0.3 is 9.80 Å². The van der Waals surface area contributed by atoms with Gasteiger partial charge in [0, 0.05) is 83.1 Å². The summed E-state index contributed by atoms with van der Waals surface area (Å²) in [7, 11) is 0. The summed E-state index contributed by atoms with van der Waals surface area (Å²) >= 11 is 0. The van der Waals surface area contributed by atoms with E-state index in [1.54, 1.807) is 0 Å². The quantitative estimate of drug-likeness (QED) is 0.127. The third kappa shape index (κ3) is 7.89. The summed E-state index contributed by atoms with van der Waals surface area (Å²) in [5, 5.41) is 0. The molecular weight excluding hydrogens is 813 g/mol. The van der Waals surface area contributed by atoms with E-state index in [2.05, 4.69) is 217 Å². The molecule has 0 aromatic heterocycles. The maximum absolute atomic E-state index is 2.62. The fourth-order valence-electron chi connectivity index (χ4n) is 11.5. The maximum atomic E-state index is 2.62. The lowest BCUT2D eigenvalue weighted by atomic mass is 9.92. The lowest BCUT2D eigenvalue weighted by Gasteiger charge is -2.34. The zero-order valence-corrected chi connectivity index (χ0v) is 39.3. The zero-order chi connectivity index (χ0) is 45.2. The van der Waals surface area contributed by atoms with Crippen molar-refractivity contribution in [3.63, 3.8) is 0 Å². The summed E-state index contributed by atoms with van der Waals surface area (Å²) in [6.45, 7) is 12.2. The predicted octanol–water partition coefficient (Wildman–Crippen LogP) is 14.2. The predicted molar refractivity (Wildman–Crippen MR) is 277 cm³/mol. The number of fused-ring (bicyclic) bond motifs is 6. The second kappa shape index (κ2) is 16.8. The van der Waals surface area contributed by atoms with Crippen molar-refractivity contribution < 1.29 is 9.15 Å². The molecule has 0 atom stereocenters. The molecule has 0 N–H and O–H groups in total. The highest BCUT2D eigenvalue weighted by Gasteiger charge is 2.37. The summed E-state index contributed by atoms with van der Waals surface area (Å²) in [4.78, 5) is 5.05. The van der Waals surface area contributed by atoms with Gasteiger partial charge in [-0.3, -0.25) is 0 Å². The molecule has 4 heteroatoms. The number of hydrogen-bond donors (Lipinski definition) is 0. The Balaban J connectivity index is 0.810. The SMILES string of the molecule is Cc1ccc2c(c1)Cc1cc(C)ccc1N2Cc1ccc(C[N+]2=C(CC3=[N+](Cc4ccc(CN5c6ccc(C)cc6Cc6cc(C)ccc65)cc4)c4ccccc4C3)Cc3ccccc32)cc1. The molecule has 0 bridgehead atoms. The molecule has 4 nitrogen and oxygen atoms in total. The highest BCUT2D eigenvalue weighted by molar-refractivity contribution is 6.05. The molecule has 328 valence electrons. The van der Waals surface area contributed by atoms with Gasteiger partial charge in [-0.25, -0.2) is 0 Å². The molecular formula is C63H58N4+2. The first kappa shape index (κ1) is 41.2. The first-order valence-electron chi connectivity index (χ1n) is 24.3. The maximum Gasteiger partial charge on any atom is 0.209 e. The number of benzene rings is 8. The molecule has 67 heavy (non-hydrogen) atoms. The number of para-hydroxylation sites is 2. The number of rotatable bonds is 10. The number of hydrogen-bond acceptors (Lipinski definition) is 2. The van der Waals surface area contributed by atoms with Crippen LogP contribution in [0, 0.1) is 27.7 Å². The molecule has 0 aliphatic carbocycles. The Morgan fingerprint density at radius 3 is 1.03 bits per heavy atom. The molecule has 0 saturated carbocycles. The fraction of sp³-hybridized carbons (Fsp3) is 0.206. The normalized spacial score (nSPS) is 14.4. The van der Waals surface area contributed by atoms with Gasteiger partial charge >= 0.3 is 0 Å². The smallest absolute Gasteiger partial charge is 0.209 e. The summed E-state index contributed by atoms with van der Waals surface area (Å²) in [5.41, 5.74) is 30.0. The molecule has 0 radical (unpaired) electrons.